The van der Waals surface area contributed by atoms with Crippen LogP contribution in [0.15, 0.2) is 12.1 Å². The van der Waals surface area contributed by atoms with E-state index in [0.29, 0.717) is 0 Å². The highest BCUT2D eigenvalue weighted by Crippen LogP contribution is 2.46. The lowest BCUT2D eigenvalue weighted by molar-refractivity contribution is -0.0191. The Morgan fingerprint density at radius 2 is 2.18 bits per heavy atom. The minimum atomic E-state index is -3.39. The van der Waals surface area contributed by atoms with E-state index in [1.807, 2.05) is 0 Å². The minimum absolute atomic E-state index is 0.0819. The summed E-state index contributed by atoms with van der Waals surface area (Å²) in [5.74, 6) is -4.21. The summed E-state index contributed by atoms with van der Waals surface area (Å²) >= 11 is 2.82. The van der Waals surface area contributed by atoms with Crippen LogP contribution < -0.4 is 4.72 Å². The molecule has 3 nitrogen and oxygen atoms in total. The van der Waals surface area contributed by atoms with E-state index >= 15 is 0 Å². The Morgan fingerprint density at radius 1 is 1.53 bits per heavy atom. The molecule has 0 radical (unpaired) electrons. The summed E-state index contributed by atoms with van der Waals surface area (Å²) in [4.78, 5) is 0. The topological polar surface area (TPSA) is 52.2 Å². The molecule has 8 heteroatoms. The molecule has 0 heterocycles. The highest BCUT2D eigenvalue weighted by Gasteiger charge is 2.49. The second-order valence-electron chi connectivity index (χ2n) is 3.64. The molecule has 0 aromatic heterocycles. The van der Waals surface area contributed by atoms with Crippen molar-refractivity contribution >= 4 is 22.9 Å². The second-order valence-corrected chi connectivity index (χ2v) is 4.76. The van der Waals surface area contributed by atoms with Crippen LogP contribution in [0.3, 0.4) is 0 Å². The largest absolute Gasteiger partial charge is 0.760 e. The van der Waals surface area contributed by atoms with Gasteiger partial charge in [-0.2, -0.15) is 0 Å². The van der Waals surface area contributed by atoms with Gasteiger partial charge in [0.2, 0.25) is 0 Å². The monoisotopic (exact) mass is 284 g/mol. The second kappa shape index (κ2) is 4.24. The third-order valence-corrected chi connectivity index (χ3v) is 3.34. The fourth-order valence-electron chi connectivity index (χ4n) is 1.89. The zero-order chi connectivity index (χ0) is 12.8. The Morgan fingerprint density at radius 3 is 2.76 bits per heavy atom. The van der Waals surface area contributed by atoms with Crippen molar-refractivity contribution in [3.8, 4) is 0 Å². The van der Waals surface area contributed by atoms with Gasteiger partial charge in [-0.3, -0.25) is 4.21 Å². The summed E-state index contributed by atoms with van der Waals surface area (Å²) in [7, 11) is 0. The molecule has 2 rings (SSSR count). The molecule has 0 saturated heterocycles. The van der Waals surface area contributed by atoms with Crippen LogP contribution in [0, 0.1) is 5.82 Å². The first-order chi connectivity index (χ1) is 7.83. The summed E-state index contributed by atoms with van der Waals surface area (Å²) in [5.41, 5.74) is -0.439. The molecular formula is C9H6ClF3NO2S-. The number of benzene rings is 1. The van der Waals surface area contributed by atoms with Crippen LogP contribution in [0.25, 0.3) is 0 Å². The summed E-state index contributed by atoms with van der Waals surface area (Å²) in [6.07, 6.45) is -0.871. The number of hydrogen-bond donors (Lipinski definition) is 1. The quantitative estimate of drug-likeness (QED) is 0.846. The van der Waals surface area contributed by atoms with Gasteiger partial charge in [-0.15, -0.1) is 0 Å². The lowest BCUT2D eigenvalue weighted by atomic mass is 10.1. The van der Waals surface area contributed by atoms with Crippen molar-refractivity contribution in [3.05, 3.63) is 34.1 Å². The van der Waals surface area contributed by atoms with Gasteiger partial charge in [-0.05, 0) is 12.1 Å². The van der Waals surface area contributed by atoms with Gasteiger partial charge in [0.25, 0.3) is 5.92 Å². The fourth-order valence-corrected chi connectivity index (χ4v) is 2.66. The molecule has 1 N–H and O–H groups in total. The molecule has 0 bridgehead atoms. The molecular weight excluding hydrogens is 279 g/mol. The molecule has 0 saturated carbocycles. The van der Waals surface area contributed by atoms with Crippen molar-refractivity contribution in [2.45, 2.75) is 18.4 Å². The Labute approximate surface area is 102 Å². The molecule has 94 valence electrons. The first-order valence-electron chi connectivity index (χ1n) is 4.53. The van der Waals surface area contributed by atoms with E-state index in [4.69, 9.17) is 11.6 Å². The molecule has 17 heavy (non-hydrogen) atoms. The average Bonchev–Trinajstić information content (AvgIpc) is 2.46. The van der Waals surface area contributed by atoms with Crippen molar-refractivity contribution < 1.29 is 21.9 Å². The number of alkyl halides is 2. The number of fused-ring (bicyclic) bond motifs is 1. The van der Waals surface area contributed by atoms with E-state index in [9.17, 15) is 21.9 Å². The molecule has 1 aliphatic rings. The fraction of sp³-hybridized carbons (Fsp3) is 0.333. The van der Waals surface area contributed by atoms with E-state index in [-0.39, 0.29) is 16.1 Å². The van der Waals surface area contributed by atoms with Crippen molar-refractivity contribution in [1.29, 1.82) is 0 Å². The van der Waals surface area contributed by atoms with E-state index in [0.717, 1.165) is 12.1 Å². The first-order valence-corrected chi connectivity index (χ1v) is 5.98. The third-order valence-electron chi connectivity index (χ3n) is 2.58. The lowest BCUT2D eigenvalue weighted by Gasteiger charge is -2.22. The van der Waals surface area contributed by atoms with Crippen LogP contribution in [0.1, 0.15) is 17.2 Å². The van der Waals surface area contributed by atoms with E-state index in [2.05, 4.69) is 0 Å². The van der Waals surface area contributed by atoms with Crippen molar-refractivity contribution in [3.63, 3.8) is 0 Å². The molecule has 2 atom stereocenters. The molecule has 0 amide bonds. The van der Waals surface area contributed by atoms with Crippen molar-refractivity contribution in [2.75, 3.05) is 0 Å². The third kappa shape index (κ3) is 2.20. The number of hydrogen-bond acceptors (Lipinski definition) is 2. The summed E-state index contributed by atoms with van der Waals surface area (Å²) < 4.78 is 63.1. The van der Waals surface area contributed by atoms with Crippen LogP contribution in [-0.2, 0) is 17.7 Å². The van der Waals surface area contributed by atoms with Crippen LogP contribution in [0.5, 0.6) is 0 Å². The van der Waals surface area contributed by atoms with Gasteiger partial charge in [-0.25, -0.2) is 17.9 Å². The lowest BCUT2D eigenvalue weighted by Crippen LogP contribution is -2.35. The Balaban J connectivity index is 2.55. The van der Waals surface area contributed by atoms with Crippen molar-refractivity contribution in [2.24, 2.45) is 0 Å². The smallest absolute Gasteiger partial charge is 0.272 e. The summed E-state index contributed by atoms with van der Waals surface area (Å²) in [6, 6.07) is 0.284. The molecule has 0 spiro atoms. The highest BCUT2D eigenvalue weighted by atomic mass is 35.5. The van der Waals surface area contributed by atoms with Crippen molar-refractivity contribution in [1.82, 2.24) is 4.72 Å². The summed E-state index contributed by atoms with van der Waals surface area (Å²) in [5, 5.41) is -0.0819. The van der Waals surface area contributed by atoms with Gasteiger partial charge in [0, 0.05) is 33.8 Å². The molecule has 1 aromatic rings. The van der Waals surface area contributed by atoms with Crippen LogP contribution in [0.2, 0.25) is 5.02 Å². The van der Waals surface area contributed by atoms with Crippen LogP contribution in [0.4, 0.5) is 13.2 Å². The Bertz CT molecular complexity index is 497. The minimum Gasteiger partial charge on any atom is -0.760 e. The number of halogens is 4. The molecule has 0 aliphatic heterocycles. The van der Waals surface area contributed by atoms with Gasteiger partial charge in [0.15, 0.2) is 0 Å². The predicted molar refractivity (Wildman–Crippen MR) is 54.9 cm³/mol. The summed E-state index contributed by atoms with van der Waals surface area (Å²) in [6.45, 7) is 0. The zero-order valence-corrected chi connectivity index (χ0v) is 9.75. The van der Waals surface area contributed by atoms with Gasteiger partial charge in [-0.1, -0.05) is 11.6 Å². The number of nitrogens with one attached hydrogen (secondary N) is 1. The van der Waals surface area contributed by atoms with E-state index < -0.39 is 35.5 Å². The average molecular weight is 285 g/mol. The van der Waals surface area contributed by atoms with Gasteiger partial charge in [0.1, 0.15) is 11.9 Å². The highest BCUT2D eigenvalue weighted by molar-refractivity contribution is 7.77. The standard InChI is InChI=1S/C9H7ClF3NO2S/c10-5-1-2-6(11)4-3-9(12,13)8(7(4)5)14-17(15)16/h1-2,8,14H,3H2,(H,15,16)/p-1. The van der Waals surface area contributed by atoms with E-state index in [1.165, 1.54) is 0 Å². The zero-order valence-electron chi connectivity index (χ0n) is 8.18. The van der Waals surface area contributed by atoms with Gasteiger partial charge >= 0.3 is 0 Å². The Kier molecular flexibility index (Phi) is 3.19. The Hall–Kier alpha value is -0.630. The molecule has 2 unspecified atom stereocenters. The maximum Gasteiger partial charge on any atom is 0.272 e. The van der Waals surface area contributed by atoms with Gasteiger partial charge in [0.05, 0.1) is 0 Å². The van der Waals surface area contributed by atoms with E-state index in [1.54, 1.807) is 4.72 Å². The van der Waals surface area contributed by atoms with Crippen LogP contribution in [-0.4, -0.2) is 14.7 Å². The van der Waals surface area contributed by atoms with Gasteiger partial charge < -0.3 is 4.55 Å². The normalized spacial score (nSPS) is 23.5. The maximum absolute atomic E-state index is 13.6. The molecule has 1 aromatic carbocycles. The maximum atomic E-state index is 13.6. The first kappa shape index (κ1) is 12.8. The number of rotatable bonds is 2. The SMILES string of the molecule is O=S([O-])NC1c2c(Cl)ccc(F)c2CC1(F)F. The molecule has 1 aliphatic carbocycles. The molecule has 0 fully saturated rings. The van der Waals surface area contributed by atoms with Crippen LogP contribution >= 0.6 is 11.6 Å². The predicted octanol–water partition coefficient (Wildman–Crippen LogP) is 2.10.